The van der Waals surface area contributed by atoms with Crippen molar-refractivity contribution in [2.45, 2.75) is 32.1 Å². The summed E-state index contributed by atoms with van der Waals surface area (Å²) in [7, 11) is 1.67. The smallest absolute Gasteiger partial charge is 0.156 e. The minimum Gasteiger partial charge on any atom is -0.497 e. The van der Waals surface area contributed by atoms with Crippen LogP contribution in [0.1, 0.15) is 42.4 Å². The van der Waals surface area contributed by atoms with E-state index < -0.39 is 0 Å². The topological polar surface area (TPSA) is 26.3 Å². The molecule has 0 aliphatic heterocycles. The summed E-state index contributed by atoms with van der Waals surface area (Å²) >= 11 is 0. The molecule has 0 unspecified atom stereocenters. The van der Waals surface area contributed by atoms with Crippen LogP contribution in [0.15, 0.2) is 54.6 Å². The minimum atomic E-state index is 0.220. The van der Waals surface area contributed by atoms with Crippen molar-refractivity contribution in [3.05, 3.63) is 71.3 Å². The second-order valence-electron chi connectivity index (χ2n) is 6.02. The Kier molecular flexibility index (Phi) is 4.61. The Balaban J connectivity index is 1.90. The van der Waals surface area contributed by atoms with E-state index in [1.54, 1.807) is 7.11 Å². The molecule has 0 radical (unpaired) electrons. The van der Waals surface area contributed by atoms with Gasteiger partial charge in [0.15, 0.2) is 5.78 Å². The van der Waals surface area contributed by atoms with E-state index in [4.69, 9.17) is 4.74 Å². The molecule has 0 spiro atoms. The average molecular weight is 306 g/mol. The van der Waals surface area contributed by atoms with Gasteiger partial charge < -0.3 is 4.74 Å². The molecule has 2 nitrogen and oxygen atoms in total. The van der Waals surface area contributed by atoms with Gasteiger partial charge in [-0.25, -0.2) is 0 Å². The molecule has 1 aliphatic carbocycles. The number of aryl methyl sites for hydroxylation is 1. The second kappa shape index (κ2) is 6.82. The summed E-state index contributed by atoms with van der Waals surface area (Å²) < 4.78 is 5.22. The molecule has 0 bridgehead atoms. The lowest BCUT2D eigenvalue weighted by Gasteiger charge is -2.24. The Morgan fingerprint density at radius 3 is 2.48 bits per heavy atom. The molecule has 23 heavy (non-hydrogen) atoms. The van der Waals surface area contributed by atoms with Crippen molar-refractivity contribution in [3.8, 4) is 5.75 Å². The Labute approximate surface area is 137 Å². The highest BCUT2D eigenvalue weighted by Crippen LogP contribution is 2.37. The summed E-state index contributed by atoms with van der Waals surface area (Å²) in [5.41, 5.74) is 4.90. The molecule has 0 saturated carbocycles. The quantitative estimate of drug-likeness (QED) is 0.812. The third-order valence-corrected chi connectivity index (χ3v) is 4.58. The van der Waals surface area contributed by atoms with Crippen LogP contribution in [-0.4, -0.2) is 12.9 Å². The van der Waals surface area contributed by atoms with Crippen LogP contribution in [0.2, 0.25) is 0 Å². The van der Waals surface area contributed by atoms with Crippen LogP contribution in [0.4, 0.5) is 0 Å². The number of carbonyl (C=O) groups is 1. The molecule has 0 N–H and O–H groups in total. The third-order valence-electron chi connectivity index (χ3n) is 4.58. The van der Waals surface area contributed by atoms with E-state index in [1.165, 1.54) is 22.3 Å². The molecular formula is C21H22O2. The van der Waals surface area contributed by atoms with Crippen molar-refractivity contribution in [2.75, 3.05) is 7.11 Å². The number of allylic oxidation sites excluding steroid dienone is 2. The van der Waals surface area contributed by atoms with Gasteiger partial charge in [-0.3, -0.25) is 4.79 Å². The van der Waals surface area contributed by atoms with Crippen LogP contribution in [0.25, 0.3) is 5.57 Å². The van der Waals surface area contributed by atoms with E-state index in [2.05, 4.69) is 43.3 Å². The molecule has 0 saturated heterocycles. The fourth-order valence-electron chi connectivity index (χ4n) is 3.33. The molecule has 2 aromatic carbocycles. The molecule has 1 atom stereocenters. The number of methoxy groups -OCH3 is 1. The molecule has 1 aliphatic rings. The normalized spacial score (nSPS) is 17.7. The van der Waals surface area contributed by atoms with Crippen LogP contribution in [0, 0.1) is 0 Å². The van der Waals surface area contributed by atoms with E-state index >= 15 is 0 Å². The van der Waals surface area contributed by atoms with Crippen LogP contribution in [0.5, 0.6) is 5.75 Å². The number of carbonyl (C=O) groups excluding carboxylic acids is 1. The number of ketones is 1. The van der Waals surface area contributed by atoms with Gasteiger partial charge in [0.2, 0.25) is 0 Å². The first kappa shape index (κ1) is 15.5. The molecule has 2 heteroatoms. The molecule has 0 heterocycles. The summed E-state index contributed by atoms with van der Waals surface area (Å²) in [5.74, 6) is 1.32. The zero-order valence-corrected chi connectivity index (χ0v) is 13.7. The number of ether oxygens (including phenoxy) is 1. The molecule has 2 aromatic rings. The summed E-state index contributed by atoms with van der Waals surface area (Å²) in [4.78, 5) is 12.3. The summed E-state index contributed by atoms with van der Waals surface area (Å²) in [5, 5.41) is 0. The van der Waals surface area contributed by atoms with Gasteiger partial charge >= 0.3 is 0 Å². The number of rotatable bonds is 4. The molecule has 3 rings (SSSR count). The SMILES string of the molecule is CCc1ccccc1C1=CC(=O)C[C@H](c2ccc(OC)cc2)C1. The Hall–Kier alpha value is -2.35. The van der Waals surface area contributed by atoms with Crippen molar-refractivity contribution in [1.29, 1.82) is 0 Å². The standard InChI is InChI=1S/C21H22O2/c1-3-15-6-4-5-7-21(15)18-12-17(13-19(22)14-18)16-8-10-20(23-2)11-9-16/h4-11,14,17H,3,12-13H2,1-2H3/t17-/m1/s1. The van der Waals surface area contributed by atoms with Crippen LogP contribution in [-0.2, 0) is 11.2 Å². The number of hydrogen-bond donors (Lipinski definition) is 0. The van der Waals surface area contributed by atoms with Gasteiger partial charge in [0.05, 0.1) is 7.11 Å². The van der Waals surface area contributed by atoms with Crippen molar-refractivity contribution in [3.63, 3.8) is 0 Å². The van der Waals surface area contributed by atoms with Crippen molar-refractivity contribution in [2.24, 2.45) is 0 Å². The van der Waals surface area contributed by atoms with Gasteiger partial charge in [-0.2, -0.15) is 0 Å². The van der Waals surface area contributed by atoms with Crippen LogP contribution >= 0.6 is 0 Å². The van der Waals surface area contributed by atoms with Crippen LogP contribution < -0.4 is 4.74 Å². The predicted molar refractivity (Wildman–Crippen MR) is 93.8 cm³/mol. The van der Waals surface area contributed by atoms with E-state index in [-0.39, 0.29) is 11.7 Å². The first-order valence-corrected chi connectivity index (χ1v) is 8.17. The molecular weight excluding hydrogens is 284 g/mol. The molecule has 0 aromatic heterocycles. The molecule has 0 fully saturated rings. The first-order chi connectivity index (χ1) is 11.2. The van der Waals surface area contributed by atoms with Crippen molar-refractivity contribution in [1.82, 2.24) is 0 Å². The van der Waals surface area contributed by atoms with Gasteiger partial charge in [0.1, 0.15) is 5.75 Å². The highest BCUT2D eigenvalue weighted by Gasteiger charge is 2.23. The van der Waals surface area contributed by atoms with E-state index in [1.807, 2.05) is 18.2 Å². The van der Waals surface area contributed by atoms with Gasteiger partial charge in [0.25, 0.3) is 0 Å². The van der Waals surface area contributed by atoms with E-state index in [9.17, 15) is 4.79 Å². The van der Waals surface area contributed by atoms with E-state index in [0.29, 0.717) is 6.42 Å². The monoisotopic (exact) mass is 306 g/mol. The largest absolute Gasteiger partial charge is 0.497 e. The van der Waals surface area contributed by atoms with Crippen molar-refractivity contribution >= 4 is 11.4 Å². The Morgan fingerprint density at radius 1 is 1.04 bits per heavy atom. The van der Waals surface area contributed by atoms with E-state index in [0.717, 1.165) is 18.6 Å². The third kappa shape index (κ3) is 3.37. The zero-order valence-electron chi connectivity index (χ0n) is 13.7. The Bertz CT molecular complexity index is 726. The number of hydrogen-bond acceptors (Lipinski definition) is 2. The lowest BCUT2D eigenvalue weighted by atomic mass is 9.80. The predicted octanol–water partition coefficient (Wildman–Crippen LogP) is 4.79. The number of benzene rings is 2. The van der Waals surface area contributed by atoms with Crippen LogP contribution in [0.3, 0.4) is 0 Å². The van der Waals surface area contributed by atoms with Gasteiger partial charge in [-0.05, 0) is 59.2 Å². The minimum absolute atomic E-state index is 0.220. The second-order valence-corrected chi connectivity index (χ2v) is 6.02. The average Bonchev–Trinajstić information content (AvgIpc) is 2.61. The van der Waals surface area contributed by atoms with Gasteiger partial charge in [0, 0.05) is 6.42 Å². The van der Waals surface area contributed by atoms with Gasteiger partial charge in [-0.15, -0.1) is 0 Å². The zero-order chi connectivity index (χ0) is 16.2. The lowest BCUT2D eigenvalue weighted by molar-refractivity contribution is -0.115. The highest BCUT2D eigenvalue weighted by molar-refractivity contribution is 5.99. The summed E-state index contributed by atoms with van der Waals surface area (Å²) in [6.45, 7) is 2.16. The lowest BCUT2D eigenvalue weighted by Crippen LogP contribution is -2.13. The first-order valence-electron chi connectivity index (χ1n) is 8.17. The highest BCUT2D eigenvalue weighted by atomic mass is 16.5. The maximum absolute atomic E-state index is 12.3. The molecule has 0 amide bonds. The Morgan fingerprint density at radius 2 is 1.78 bits per heavy atom. The maximum atomic E-state index is 12.3. The fourth-order valence-corrected chi connectivity index (χ4v) is 3.33. The molecule has 118 valence electrons. The van der Waals surface area contributed by atoms with Gasteiger partial charge in [-0.1, -0.05) is 43.3 Å². The fraction of sp³-hybridized carbons (Fsp3) is 0.286. The van der Waals surface area contributed by atoms with Crippen molar-refractivity contribution < 1.29 is 9.53 Å². The summed E-state index contributed by atoms with van der Waals surface area (Å²) in [6.07, 6.45) is 4.32. The maximum Gasteiger partial charge on any atom is 0.156 e. The summed E-state index contributed by atoms with van der Waals surface area (Å²) in [6, 6.07) is 16.5.